The second kappa shape index (κ2) is 6.02. The molecule has 0 atom stereocenters. The smallest absolute Gasteiger partial charge is 0.208 e. The van der Waals surface area contributed by atoms with Crippen LogP contribution in [-0.4, -0.2) is 36.7 Å². The Morgan fingerprint density at radius 3 is 3.00 bits per heavy atom. The first kappa shape index (κ1) is 16.9. The average molecular weight is 412 g/mol. The number of nitriles is 1. The number of aromatic nitrogens is 3. The Kier molecular flexibility index (Phi) is 3.92. The van der Waals surface area contributed by atoms with Crippen molar-refractivity contribution in [2.75, 3.05) is 11.9 Å². The van der Waals surface area contributed by atoms with Crippen LogP contribution in [0, 0.1) is 17.1 Å². The van der Waals surface area contributed by atoms with Gasteiger partial charge in [0, 0.05) is 29.1 Å². The van der Waals surface area contributed by atoms with E-state index >= 15 is 0 Å². The van der Waals surface area contributed by atoms with E-state index in [0.29, 0.717) is 34.7 Å². The van der Waals surface area contributed by atoms with E-state index in [1.165, 1.54) is 6.07 Å². The van der Waals surface area contributed by atoms with Crippen molar-refractivity contribution < 1.29 is 9.13 Å². The van der Waals surface area contributed by atoms with Gasteiger partial charge in [0.1, 0.15) is 33.3 Å². The first-order valence-electron chi connectivity index (χ1n) is 8.07. The zero-order valence-corrected chi connectivity index (χ0v) is 15.8. The molecule has 1 aromatic carbocycles. The molecule has 6 nitrogen and oxygen atoms in total. The summed E-state index contributed by atoms with van der Waals surface area (Å²) in [6, 6.07) is 5.12. The minimum Gasteiger partial charge on any atom is -0.493 e. The number of imidazole rings is 1. The molecule has 26 heavy (non-hydrogen) atoms. The van der Waals surface area contributed by atoms with Crippen LogP contribution in [-0.2, 0) is 11.8 Å². The van der Waals surface area contributed by atoms with E-state index in [1.54, 1.807) is 22.9 Å². The third-order valence-corrected chi connectivity index (χ3v) is 5.00. The third-order valence-electron chi connectivity index (χ3n) is 4.44. The van der Waals surface area contributed by atoms with Crippen LogP contribution in [0.5, 0.6) is 5.75 Å². The molecule has 2 aromatic heterocycles. The summed E-state index contributed by atoms with van der Waals surface area (Å²) in [5.74, 6) is 0.904. The first-order valence-corrected chi connectivity index (χ1v) is 8.86. The lowest BCUT2D eigenvalue weighted by Crippen LogP contribution is -2.39. The van der Waals surface area contributed by atoms with Crippen LogP contribution in [0.4, 0.5) is 10.3 Å². The fraction of sp³-hybridized carbons (Fsp3) is 0.188. The molecule has 0 amide bonds. The Hall–Kier alpha value is -2.53. The van der Waals surface area contributed by atoms with E-state index in [0.717, 1.165) is 11.3 Å². The Bertz CT molecular complexity index is 1080. The van der Waals surface area contributed by atoms with E-state index in [9.17, 15) is 4.39 Å². The van der Waals surface area contributed by atoms with Crippen molar-refractivity contribution in [2.45, 2.75) is 11.8 Å². The fourth-order valence-corrected chi connectivity index (χ4v) is 3.74. The standard InChI is InChI=1S/C16H13B2BrFN5O/c17-16(18,13-9-3-4-26-12(9)2-1-11(13)20)24-15-22-6-10(19)14-23-8(5-21)7-25(14)15/h1-2,6-7H,3-4,17-18H2,(H,22,24). The van der Waals surface area contributed by atoms with Gasteiger partial charge in [-0.15, -0.1) is 0 Å². The quantitative estimate of drug-likeness (QED) is 0.649. The first-order chi connectivity index (χ1) is 12.4. The summed E-state index contributed by atoms with van der Waals surface area (Å²) < 4.78 is 22.6. The van der Waals surface area contributed by atoms with Crippen molar-refractivity contribution in [2.24, 2.45) is 0 Å². The highest BCUT2D eigenvalue weighted by atomic mass is 79.9. The minimum absolute atomic E-state index is 0.278. The van der Waals surface area contributed by atoms with Crippen LogP contribution < -0.4 is 10.1 Å². The van der Waals surface area contributed by atoms with Crippen molar-refractivity contribution in [3.8, 4) is 11.8 Å². The summed E-state index contributed by atoms with van der Waals surface area (Å²) in [5, 5.41) is 11.7. The van der Waals surface area contributed by atoms with Gasteiger partial charge in [-0.3, -0.25) is 4.40 Å². The zero-order valence-electron chi connectivity index (χ0n) is 14.2. The molecule has 3 aromatic rings. The summed E-state index contributed by atoms with van der Waals surface area (Å²) in [6.45, 7) is 0.551. The van der Waals surface area contributed by atoms with Crippen molar-refractivity contribution in [3.63, 3.8) is 0 Å². The molecule has 10 heteroatoms. The van der Waals surface area contributed by atoms with Gasteiger partial charge >= 0.3 is 0 Å². The number of benzene rings is 1. The molecule has 4 rings (SSSR count). The van der Waals surface area contributed by atoms with Gasteiger partial charge < -0.3 is 10.1 Å². The average Bonchev–Trinajstić information content (AvgIpc) is 3.23. The molecule has 0 unspecified atom stereocenters. The highest BCUT2D eigenvalue weighted by Gasteiger charge is 2.32. The molecule has 1 aliphatic rings. The number of ether oxygens (including phenoxy) is 1. The molecule has 0 bridgehead atoms. The number of nitrogens with one attached hydrogen (secondary N) is 1. The van der Waals surface area contributed by atoms with Gasteiger partial charge in [0.05, 0.1) is 17.3 Å². The Morgan fingerprint density at radius 2 is 2.23 bits per heavy atom. The summed E-state index contributed by atoms with van der Waals surface area (Å²) in [4.78, 5) is 8.64. The summed E-state index contributed by atoms with van der Waals surface area (Å²) in [5.41, 5.74) is 2.28. The predicted octanol–water partition coefficient (Wildman–Crippen LogP) is 0.926. The lowest BCUT2D eigenvalue weighted by Gasteiger charge is -2.30. The van der Waals surface area contributed by atoms with E-state index in [1.807, 2.05) is 21.8 Å². The topological polar surface area (TPSA) is 75.2 Å². The van der Waals surface area contributed by atoms with Gasteiger partial charge in [-0.25, -0.2) is 14.4 Å². The van der Waals surface area contributed by atoms with Crippen molar-refractivity contribution in [1.82, 2.24) is 14.4 Å². The molecule has 0 aliphatic carbocycles. The van der Waals surface area contributed by atoms with Crippen molar-refractivity contribution >= 4 is 43.2 Å². The molecular formula is C16H13B2BrFN5O. The maximum absolute atomic E-state index is 14.7. The number of hydrogen-bond donors (Lipinski definition) is 1. The normalized spacial score (nSPS) is 13.3. The van der Waals surface area contributed by atoms with E-state index < -0.39 is 5.34 Å². The number of hydrogen-bond acceptors (Lipinski definition) is 5. The summed E-state index contributed by atoms with van der Waals surface area (Å²) in [6.07, 6.45) is 3.87. The lowest BCUT2D eigenvalue weighted by atomic mass is 9.57. The van der Waals surface area contributed by atoms with Crippen LogP contribution in [0.15, 0.2) is 29.0 Å². The van der Waals surface area contributed by atoms with E-state index in [2.05, 4.69) is 31.2 Å². The van der Waals surface area contributed by atoms with E-state index in [4.69, 9.17) is 10.00 Å². The van der Waals surface area contributed by atoms with Gasteiger partial charge in [-0.1, -0.05) is 0 Å². The van der Waals surface area contributed by atoms with Crippen molar-refractivity contribution in [1.29, 1.82) is 5.26 Å². The molecule has 3 heterocycles. The number of anilines is 1. The molecule has 0 saturated heterocycles. The molecule has 0 spiro atoms. The minimum atomic E-state index is -0.756. The molecule has 1 N–H and O–H groups in total. The van der Waals surface area contributed by atoms with Gasteiger partial charge in [-0.05, 0) is 28.1 Å². The Labute approximate surface area is 159 Å². The Morgan fingerprint density at radius 1 is 1.42 bits per heavy atom. The van der Waals surface area contributed by atoms with E-state index in [-0.39, 0.29) is 11.5 Å². The largest absolute Gasteiger partial charge is 0.493 e. The maximum Gasteiger partial charge on any atom is 0.208 e. The highest BCUT2D eigenvalue weighted by Crippen LogP contribution is 2.35. The monoisotopic (exact) mass is 411 g/mol. The molecule has 0 saturated carbocycles. The Balaban J connectivity index is 1.82. The van der Waals surface area contributed by atoms with Crippen LogP contribution in [0.2, 0.25) is 0 Å². The van der Waals surface area contributed by atoms with Gasteiger partial charge in [-0.2, -0.15) is 5.26 Å². The van der Waals surface area contributed by atoms with Gasteiger partial charge in [0.25, 0.3) is 0 Å². The van der Waals surface area contributed by atoms with Crippen LogP contribution in [0.1, 0.15) is 16.8 Å². The van der Waals surface area contributed by atoms with Crippen LogP contribution in [0.25, 0.3) is 5.65 Å². The predicted molar refractivity (Wildman–Crippen MR) is 103 cm³/mol. The maximum atomic E-state index is 14.7. The lowest BCUT2D eigenvalue weighted by molar-refractivity contribution is 0.356. The number of nitrogens with zero attached hydrogens (tertiary/aromatic N) is 4. The van der Waals surface area contributed by atoms with Crippen LogP contribution >= 0.6 is 15.9 Å². The second-order valence-corrected chi connectivity index (χ2v) is 7.46. The highest BCUT2D eigenvalue weighted by molar-refractivity contribution is 9.10. The molecule has 0 fully saturated rings. The molecule has 1 aliphatic heterocycles. The number of halogens is 2. The SMILES string of the molecule is BC(B)(Nc1ncc(Br)c2nc(C#N)cn12)c1c(F)ccc2c1CCO2. The molecule has 128 valence electrons. The van der Waals surface area contributed by atoms with Gasteiger partial charge in [0.15, 0.2) is 11.3 Å². The molecule has 0 radical (unpaired) electrons. The number of fused-ring (bicyclic) bond motifs is 2. The van der Waals surface area contributed by atoms with Crippen LogP contribution in [0.3, 0.4) is 0 Å². The number of rotatable bonds is 3. The summed E-state index contributed by atoms with van der Waals surface area (Å²) in [7, 11) is 3.78. The summed E-state index contributed by atoms with van der Waals surface area (Å²) >= 11 is 3.39. The fourth-order valence-electron chi connectivity index (χ4n) is 3.36. The zero-order chi connectivity index (χ0) is 18.5. The second-order valence-electron chi connectivity index (χ2n) is 6.61. The third kappa shape index (κ3) is 2.63. The van der Waals surface area contributed by atoms with Crippen molar-refractivity contribution in [3.05, 3.63) is 51.6 Å². The van der Waals surface area contributed by atoms with Gasteiger partial charge in [0.2, 0.25) is 5.95 Å². The molecular weight excluding hydrogens is 399 g/mol.